The zero-order valence-electron chi connectivity index (χ0n) is 17.9. The highest BCUT2D eigenvalue weighted by Gasteiger charge is 2.23. The van der Waals surface area contributed by atoms with Gasteiger partial charge in [0.25, 0.3) is 5.91 Å². The van der Waals surface area contributed by atoms with Crippen molar-refractivity contribution in [3.63, 3.8) is 0 Å². The first-order valence-corrected chi connectivity index (χ1v) is 11.4. The molecule has 0 aliphatic carbocycles. The first-order valence-electron chi connectivity index (χ1n) is 10.0. The van der Waals surface area contributed by atoms with E-state index in [1.54, 1.807) is 18.2 Å². The number of benzene rings is 2. The van der Waals surface area contributed by atoms with Crippen molar-refractivity contribution in [1.29, 1.82) is 0 Å². The van der Waals surface area contributed by atoms with Crippen molar-refractivity contribution in [3.05, 3.63) is 78.1 Å². The zero-order valence-corrected chi connectivity index (χ0v) is 18.7. The number of rotatable bonds is 8. The maximum absolute atomic E-state index is 12.5. The first-order chi connectivity index (χ1) is 15.3. The molecule has 0 aliphatic heterocycles. The summed E-state index contributed by atoms with van der Waals surface area (Å²) in [6.07, 6.45) is 0.454. The van der Waals surface area contributed by atoms with Crippen molar-refractivity contribution >= 4 is 21.8 Å². The number of nitrogens with zero attached hydrogens (tertiary/aromatic N) is 1. The lowest BCUT2D eigenvalue weighted by Gasteiger charge is -2.17. The summed E-state index contributed by atoms with van der Waals surface area (Å²) in [4.78, 5) is 24.2. The van der Waals surface area contributed by atoms with Crippen molar-refractivity contribution in [1.82, 2.24) is 15.2 Å². The highest BCUT2D eigenvalue weighted by molar-refractivity contribution is 7.89. The molecule has 2 amide bonds. The highest BCUT2D eigenvalue weighted by atomic mass is 32.2. The maximum Gasteiger partial charge on any atom is 0.253 e. The Morgan fingerprint density at radius 3 is 2.25 bits per heavy atom. The fraction of sp³-hybridized carbons (Fsp3) is 0.217. The Balaban J connectivity index is 1.44. The van der Waals surface area contributed by atoms with Crippen LogP contribution in [0.1, 0.15) is 17.7 Å². The van der Waals surface area contributed by atoms with Crippen LogP contribution in [0.25, 0.3) is 11.3 Å². The molecule has 0 atom stereocenters. The molecule has 1 heterocycles. The Bertz CT molecular complexity index is 1170. The van der Waals surface area contributed by atoms with Gasteiger partial charge in [0.1, 0.15) is 11.5 Å². The minimum absolute atomic E-state index is 0.0933. The van der Waals surface area contributed by atoms with E-state index in [1.807, 2.05) is 43.3 Å². The minimum atomic E-state index is -3.81. The fourth-order valence-corrected chi connectivity index (χ4v) is 4.05. The summed E-state index contributed by atoms with van der Waals surface area (Å²) in [7, 11) is -2.51. The van der Waals surface area contributed by atoms with Gasteiger partial charge in [-0.25, -0.2) is 8.42 Å². The smallest absolute Gasteiger partial charge is 0.253 e. The third-order valence-corrected chi connectivity index (χ3v) is 6.57. The second kappa shape index (κ2) is 10.3. The van der Waals surface area contributed by atoms with E-state index >= 15 is 0 Å². The van der Waals surface area contributed by atoms with Crippen LogP contribution in [0.15, 0.2) is 76.0 Å². The quantitative estimate of drug-likeness (QED) is 0.508. The molecule has 168 valence electrons. The summed E-state index contributed by atoms with van der Waals surface area (Å²) in [5.74, 6) is 0.294. The number of furan rings is 1. The molecule has 0 spiro atoms. The van der Waals surface area contributed by atoms with Gasteiger partial charge in [0.15, 0.2) is 0 Å². The van der Waals surface area contributed by atoms with Crippen LogP contribution in [0.2, 0.25) is 0 Å². The molecule has 3 aromatic rings. The second-order valence-electron chi connectivity index (χ2n) is 7.30. The normalized spacial score (nSPS) is 11.3. The van der Waals surface area contributed by atoms with Gasteiger partial charge >= 0.3 is 0 Å². The summed E-state index contributed by atoms with van der Waals surface area (Å²) < 4.78 is 31.7. The van der Waals surface area contributed by atoms with Gasteiger partial charge in [0, 0.05) is 25.5 Å². The molecular weight excluding hydrogens is 430 g/mol. The number of aryl methyl sites for hydroxylation is 2. The molecule has 0 fully saturated rings. The first kappa shape index (κ1) is 23.2. The molecule has 0 aliphatic rings. The van der Waals surface area contributed by atoms with Crippen molar-refractivity contribution in [3.8, 4) is 11.3 Å². The van der Waals surface area contributed by atoms with E-state index in [4.69, 9.17) is 4.42 Å². The van der Waals surface area contributed by atoms with Crippen LogP contribution in [-0.2, 0) is 26.0 Å². The maximum atomic E-state index is 12.5. The number of sulfonamides is 1. The topological polar surface area (TPSA) is 109 Å². The molecule has 0 saturated carbocycles. The van der Waals surface area contributed by atoms with Crippen LogP contribution in [0.4, 0.5) is 0 Å². The van der Waals surface area contributed by atoms with Crippen LogP contribution >= 0.6 is 0 Å². The lowest BCUT2D eigenvalue weighted by atomic mass is 10.2. The van der Waals surface area contributed by atoms with Gasteiger partial charge < -0.3 is 4.42 Å². The summed E-state index contributed by atoms with van der Waals surface area (Å²) in [6.45, 7) is 1.42. The van der Waals surface area contributed by atoms with Crippen molar-refractivity contribution in [2.45, 2.75) is 24.7 Å². The van der Waals surface area contributed by atoms with E-state index in [9.17, 15) is 18.0 Å². The number of nitrogens with one attached hydrogen (secondary N) is 2. The number of hydrogen-bond acceptors (Lipinski definition) is 5. The van der Waals surface area contributed by atoms with E-state index in [2.05, 4.69) is 10.9 Å². The molecule has 32 heavy (non-hydrogen) atoms. The molecule has 0 unspecified atom stereocenters. The van der Waals surface area contributed by atoms with E-state index in [1.165, 1.54) is 19.2 Å². The van der Waals surface area contributed by atoms with Gasteiger partial charge in [-0.05, 0) is 31.2 Å². The average molecular weight is 456 g/mol. The summed E-state index contributed by atoms with van der Waals surface area (Å²) >= 11 is 0. The molecule has 0 bridgehead atoms. The molecule has 8 nitrogen and oxygen atoms in total. The fourth-order valence-electron chi connectivity index (χ4n) is 2.93. The lowest BCUT2D eigenvalue weighted by molar-refractivity contribution is -0.128. The van der Waals surface area contributed by atoms with Crippen LogP contribution in [0, 0.1) is 6.92 Å². The number of carbonyl (C=O) groups excluding carboxylic acids is 2. The average Bonchev–Trinajstić information content (AvgIpc) is 3.26. The summed E-state index contributed by atoms with van der Waals surface area (Å²) in [5, 5.41) is 0. The number of amides is 2. The van der Waals surface area contributed by atoms with Crippen LogP contribution in [0.3, 0.4) is 0 Å². The Labute approximate surface area is 187 Å². The highest BCUT2D eigenvalue weighted by Crippen LogP contribution is 2.22. The van der Waals surface area contributed by atoms with Gasteiger partial charge in [-0.15, -0.1) is 0 Å². The van der Waals surface area contributed by atoms with Crippen molar-refractivity contribution in [2.75, 3.05) is 13.6 Å². The van der Waals surface area contributed by atoms with E-state index in [0.717, 1.165) is 15.4 Å². The molecule has 1 aromatic heterocycles. The summed E-state index contributed by atoms with van der Waals surface area (Å²) in [5.41, 5.74) is 6.40. The monoisotopic (exact) mass is 455 g/mol. The minimum Gasteiger partial charge on any atom is -0.461 e. The Morgan fingerprint density at radius 1 is 0.906 bits per heavy atom. The predicted molar refractivity (Wildman–Crippen MR) is 120 cm³/mol. The standard InChI is InChI=1S/C23H25N3O5S/c1-17-8-12-20(13-9-17)32(29,30)26(2)16-23(28)25-24-22(27)15-11-19-10-14-21(31-19)18-6-4-3-5-7-18/h3-10,12-14H,11,15-16H2,1-2H3,(H,24,27)(H,25,28). The van der Waals surface area contributed by atoms with E-state index < -0.39 is 28.4 Å². The van der Waals surface area contributed by atoms with E-state index in [-0.39, 0.29) is 11.3 Å². The summed E-state index contributed by atoms with van der Waals surface area (Å²) in [6, 6.07) is 19.6. The third-order valence-electron chi connectivity index (χ3n) is 4.76. The molecular formula is C23H25N3O5S. The van der Waals surface area contributed by atoms with Crippen LogP contribution < -0.4 is 10.9 Å². The largest absolute Gasteiger partial charge is 0.461 e. The number of hydrazine groups is 1. The SMILES string of the molecule is Cc1ccc(S(=O)(=O)N(C)CC(=O)NNC(=O)CCc2ccc(-c3ccccc3)o2)cc1. The lowest BCUT2D eigenvalue weighted by Crippen LogP contribution is -2.46. The molecule has 0 saturated heterocycles. The molecule has 0 radical (unpaired) electrons. The predicted octanol–water partition coefficient (Wildman–Crippen LogP) is 2.66. The third kappa shape index (κ3) is 6.05. The molecule has 3 rings (SSSR count). The van der Waals surface area contributed by atoms with Crippen LogP contribution in [-0.4, -0.2) is 38.1 Å². The van der Waals surface area contributed by atoms with Gasteiger partial charge in [-0.3, -0.25) is 20.4 Å². The number of likely N-dealkylation sites (N-methyl/N-ethyl adjacent to an activating group) is 1. The van der Waals surface area contributed by atoms with Gasteiger partial charge in [0.05, 0.1) is 11.4 Å². The van der Waals surface area contributed by atoms with Crippen LogP contribution in [0.5, 0.6) is 0 Å². The molecule has 2 N–H and O–H groups in total. The molecule has 2 aromatic carbocycles. The van der Waals surface area contributed by atoms with E-state index in [0.29, 0.717) is 17.9 Å². The van der Waals surface area contributed by atoms with Gasteiger partial charge in [-0.2, -0.15) is 4.31 Å². The Kier molecular flexibility index (Phi) is 7.45. The number of carbonyl (C=O) groups is 2. The number of hydrogen-bond donors (Lipinski definition) is 2. The van der Waals surface area contributed by atoms with Crippen molar-refractivity contribution in [2.24, 2.45) is 0 Å². The van der Waals surface area contributed by atoms with Gasteiger partial charge in [-0.1, -0.05) is 48.0 Å². The van der Waals surface area contributed by atoms with Gasteiger partial charge in [0.2, 0.25) is 15.9 Å². The zero-order chi connectivity index (χ0) is 23.1. The Hall–Kier alpha value is -3.43. The molecule has 9 heteroatoms. The van der Waals surface area contributed by atoms with Crippen molar-refractivity contribution < 1.29 is 22.4 Å². The Morgan fingerprint density at radius 2 is 1.56 bits per heavy atom. The second-order valence-corrected chi connectivity index (χ2v) is 9.35.